The molecule has 0 spiro atoms. The standard InChI is InChI=1S/C23H17ClF4N4O3S/c1-12-4-3-5-13(6-12)10-31-20(34)11-36-21(31)29-16-8-17(15(25)7-14(16)24)32-19(33)9-18(23(26,27)28)30(2)22(32)35/h3-9H,10-11H2,1-2H3. The normalized spacial score (nSPS) is 15.2. The molecule has 1 saturated heterocycles. The van der Waals surface area contributed by atoms with E-state index in [1.54, 1.807) is 0 Å². The van der Waals surface area contributed by atoms with Gasteiger partial charge in [-0.15, -0.1) is 0 Å². The molecule has 13 heteroatoms. The Morgan fingerprint density at radius 2 is 1.83 bits per heavy atom. The minimum atomic E-state index is -4.96. The number of hydrogen-bond acceptors (Lipinski definition) is 5. The maximum absolute atomic E-state index is 14.8. The highest BCUT2D eigenvalue weighted by Crippen LogP contribution is 2.33. The number of aromatic nitrogens is 2. The van der Waals surface area contributed by atoms with Gasteiger partial charge in [0.2, 0.25) is 5.91 Å². The van der Waals surface area contributed by atoms with E-state index in [-0.39, 0.29) is 49.3 Å². The van der Waals surface area contributed by atoms with E-state index in [4.69, 9.17) is 11.6 Å². The molecule has 36 heavy (non-hydrogen) atoms. The van der Waals surface area contributed by atoms with Crippen LogP contribution in [0.15, 0.2) is 57.0 Å². The average Bonchev–Trinajstić information content (AvgIpc) is 3.12. The van der Waals surface area contributed by atoms with E-state index >= 15 is 0 Å². The monoisotopic (exact) mass is 540 g/mol. The lowest BCUT2D eigenvalue weighted by Gasteiger charge is -2.17. The largest absolute Gasteiger partial charge is 0.431 e. The summed E-state index contributed by atoms with van der Waals surface area (Å²) in [6, 6.07) is 9.49. The SMILES string of the molecule is Cc1cccc(CN2C(=O)CSC2=Nc2cc(-n3c(=O)cc(C(F)(F)F)n(C)c3=O)c(F)cc2Cl)c1. The van der Waals surface area contributed by atoms with Crippen molar-refractivity contribution in [3.05, 3.63) is 91.0 Å². The van der Waals surface area contributed by atoms with Gasteiger partial charge in [-0.05, 0) is 24.6 Å². The molecule has 3 aromatic rings. The Balaban J connectivity index is 1.80. The number of aliphatic imine (C=N–C) groups is 1. The highest BCUT2D eigenvalue weighted by Gasteiger charge is 2.35. The molecule has 1 aliphatic rings. The molecule has 0 atom stereocenters. The first kappa shape index (κ1) is 25.7. The summed E-state index contributed by atoms with van der Waals surface area (Å²) in [6.45, 7) is 2.13. The molecule has 0 unspecified atom stereocenters. The number of hydrogen-bond donors (Lipinski definition) is 0. The summed E-state index contributed by atoms with van der Waals surface area (Å²) in [5, 5.41) is 0.0737. The van der Waals surface area contributed by atoms with Crippen LogP contribution in [0.25, 0.3) is 5.69 Å². The average molecular weight is 541 g/mol. The second-order valence-corrected chi connectivity index (χ2v) is 9.30. The van der Waals surface area contributed by atoms with Crippen molar-refractivity contribution in [3.8, 4) is 5.69 Å². The number of carbonyl (C=O) groups is 1. The molecule has 0 saturated carbocycles. The van der Waals surface area contributed by atoms with Gasteiger partial charge in [0, 0.05) is 13.1 Å². The van der Waals surface area contributed by atoms with Gasteiger partial charge < -0.3 is 0 Å². The third-order valence-electron chi connectivity index (χ3n) is 5.36. The lowest BCUT2D eigenvalue weighted by atomic mass is 10.1. The van der Waals surface area contributed by atoms with Crippen molar-refractivity contribution >= 4 is 40.1 Å². The molecule has 1 aromatic heterocycles. The summed E-state index contributed by atoms with van der Waals surface area (Å²) in [7, 11) is 0.819. The number of benzene rings is 2. The molecular formula is C23H17ClF4N4O3S. The summed E-state index contributed by atoms with van der Waals surface area (Å²) in [6.07, 6.45) is -4.96. The number of carbonyl (C=O) groups excluding carboxylic acids is 1. The molecular weight excluding hydrogens is 524 g/mol. The van der Waals surface area contributed by atoms with Gasteiger partial charge in [-0.25, -0.2) is 18.7 Å². The topological polar surface area (TPSA) is 76.7 Å². The maximum atomic E-state index is 14.8. The number of amidine groups is 1. The van der Waals surface area contributed by atoms with E-state index in [1.165, 1.54) is 4.90 Å². The molecule has 188 valence electrons. The molecule has 1 fully saturated rings. The second kappa shape index (κ2) is 9.58. The maximum Gasteiger partial charge on any atom is 0.431 e. The van der Waals surface area contributed by atoms with E-state index in [0.717, 1.165) is 42.1 Å². The van der Waals surface area contributed by atoms with Crippen molar-refractivity contribution in [2.75, 3.05) is 5.75 Å². The molecule has 1 aliphatic heterocycles. The molecule has 0 N–H and O–H groups in total. The zero-order valence-corrected chi connectivity index (χ0v) is 20.3. The van der Waals surface area contributed by atoms with Crippen molar-refractivity contribution in [1.29, 1.82) is 0 Å². The van der Waals surface area contributed by atoms with Gasteiger partial charge in [-0.2, -0.15) is 13.2 Å². The minimum absolute atomic E-state index is 0.0756. The van der Waals surface area contributed by atoms with Gasteiger partial charge in [0.25, 0.3) is 5.56 Å². The molecule has 0 radical (unpaired) electrons. The lowest BCUT2D eigenvalue weighted by Crippen LogP contribution is -2.41. The molecule has 2 aromatic carbocycles. The van der Waals surface area contributed by atoms with Crippen molar-refractivity contribution in [2.24, 2.45) is 12.0 Å². The minimum Gasteiger partial charge on any atom is -0.292 e. The lowest BCUT2D eigenvalue weighted by molar-refractivity contribution is -0.144. The molecule has 7 nitrogen and oxygen atoms in total. The zero-order chi connectivity index (χ0) is 26.4. The van der Waals surface area contributed by atoms with E-state index in [9.17, 15) is 31.9 Å². The van der Waals surface area contributed by atoms with Crippen molar-refractivity contribution in [2.45, 2.75) is 19.6 Å². The summed E-state index contributed by atoms with van der Waals surface area (Å²) in [5.41, 5.74) is -3.11. The Morgan fingerprint density at radius 1 is 1.11 bits per heavy atom. The Hall–Kier alpha value is -3.38. The number of aryl methyl sites for hydroxylation is 1. The van der Waals surface area contributed by atoms with Crippen LogP contribution in [-0.2, 0) is 24.6 Å². The molecule has 2 heterocycles. The van der Waals surface area contributed by atoms with E-state index in [2.05, 4.69) is 4.99 Å². The van der Waals surface area contributed by atoms with E-state index in [0.29, 0.717) is 0 Å². The summed E-state index contributed by atoms with van der Waals surface area (Å²) >= 11 is 7.27. The number of amides is 1. The number of thioether (sulfide) groups is 1. The number of alkyl halides is 3. The predicted molar refractivity (Wildman–Crippen MR) is 129 cm³/mol. The quantitative estimate of drug-likeness (QED) is 0.459. The van der Waals surface area contributed by atoms with Crippen LogP contribution < -0.4 is 11.2 Å². The fourth-order valence-corrected chi connectivity index (χ4v) is 4.72. The fraction of sp³-hybridized carbons (Fsp3) is 0.217. The van der Waals surface area contributed by atoms with Gasteiger partial charge in [-0.3, -0.25) is 19.1 Å². The third-order valence-corrected chi connectivity index (χ3v) is 6.63. The Labute approximate surface area is 210 Å². The van der Waals surface area contributed by atoms with Crippen LogP contribution in [0.5, 0.6) is 0 Å². The highest BCUT2D eigenvalue weighted by atomic mass is 35.5. The van der Waals surface area contributed by atoms with Crippen LogP contribution in [0.2, 0.25) is 5.02 Å². The van der Waals surface area contributed by atoms with Gasteiger partial charge >= 0.3 is 11.9 Å². The van der Waals surface area contributed by atoms with Crippen molar-refractivity contribution in [3.63, 3.8) is 0 Å². The van der Waals surface area contributed by atoms with Crippen molar-refractivity contribution < 1.29 is 22.4 Å². The van der Waals surface area contributed by atoms with E-state index in [1.807, 2.05) is 31.2 Å². The first-order chi connectivity index (χ1) is 16.9. The van der Waals surface area contributed by atoms with Crippen LogP contribution in [0.4, 0.5) is 23.2 Å². The van der Waals surface area contributed by atoms with Gasteiger partial charge in [-0.1, -0.05) is 53.2 Å². The molecule has 1 amide bonds. The van der Waals surface area contributed by atoms with E-state index < -0.39 is 34.6 Å². The van der Waals surface area contributed by atoms with Crippen LogP contribution in [0, 0.1) is 12.7 Å². The number of nitrogens with zero attached hydrogens (tertiary/aromatic N) is 4. The zero-order valence-electron chi connectivity index (χ0n) is 18.8. The molecule has 4 rings (SSSR count). The van der Waals surface area contributed by atoms with Gasteiger partial charge in [0.1, 0.15) is 11.5 Å². The second-order valence-electron chi connectivity index (χ2n) is 7.95. The Kier molecular flexibility index (Phi) is 6.84. The first-order valence-electron chi connectivity index (χ1n) is 10.3. The Morgan fingerprint density at radius 3 is 2.50 bits per heavy atom. The number of rotatable bonds is 4. The van der Waals surface area contributed by atoms with Crippen LogP contribution in [-0.4, -0.2) is 30.9 Å². The fourth-order valence-electron chi connectivity index (χ4n) is 3.64. The van der Waals surface area contributed by atoms with Gasteiger partial charge in [0.15, 0.2) is 5.17 Å². The number of halogens is 5. The predicted octanol–water partition coefficient (Wildman–Crippen LogP) is 4.42. The smallest absolute Gasteiger partial charge is 0.292 e. The third kappa shape index (κ3) is 4.96. The first-order valence-corrected chi connectivity index (χ1v) is 11.7. The summed E-state index contributed by atoms with van der Waals surface area (Å²) in [4.78, 5) is 43.3. The summed E-state index contributed by atoms with van der Waals surface area (Å²) in [5.74, 6) is -1.23. The van der Waals surface area contributed by atoms with Crippen LogP contribution in [0.3, 0.4) is 0 Å². The molecule has 0 aliphatic carbocycles. The van der Waals surface area contributed by atoms with Crippen LogP contribution >= 0.6 is 23.4 Å². The summed E-state index contributed by atoms with van der Waals surface area (Å²) < 4.78 is 54.7. The highest BCUT2D eigenvalue weighted by molar-refractivity contribution is 8.15. The molecule has 0 bridgehead atoms. The van der Waals surface area contributed by atoms with Crippen molar-refractivity contribution in [1.82, 2.24) is 14.0 Å². The van der Waals surface area contributed by atoms with Gasteiger partial charge in [0.05, 0.1) is 28.7 Å². The Bertz CT molecular complexity index is 1530. The van der Waals surface area contributed by atoms with Crippen LogP contribution in [0.1, 0.15) is 16.8 Å².